The number of rotatable bonds is 4. The number of carbonyl (C=O) groups is 2. The minimum Gasteiger partial charge on any atom is -0.480 e. The maximum atomic E-state index is 12.1. The number of pyridine rings is 1. The first-order valence-electron chi connectivity index (χ1n) is 5.72. The standard InChI is InChI=1S/C13H11ClN2O4/c14-11-5-8(7-3-1-2-4-9(7)15-11)12(18)16-10(6-17)13(19)20/h1-5,10,17H,6H2,(H,16,18)(H,19,20)/t10-/m1/s1. The molecular formula is C13H11ClN2O4. The van der Waals surface area contributed by atoms with Crippen LogP contribution < -0.4 is 5.32 Å². The molecule has 1 atom stereocenters. The van der Waals surface area contributed by atoms with Crippen molar-refractivity contribution in [2.45, 2.75) is 6.04 Å². The molecule has 1 aromatic heterocycles. The van der Waals surface area contributed by atoms with Gasteiger partial charge in [-0.15, -0.1) is 0 Å². The third-order valence-electron chi connectivity index (χ3n) is 2.72. The van der Waals surface area contributed by atoms with E-state index < -0.39 is 24.5 Å². The van der Waals surface area contributed by atoms with Gasteiger partial charge in [-0.25, -0.2) is 9.78 Å². The molecule has 3 N–H and O–H groups in total. The summed E-state index contributed by atoms with van der Waals surface area (Å²) in [7, 11) is 0. The summed E-state index contributed by atoms with van der Waals surface area (Å²) in [6, 6.07) is 6.85. The first-order chi connectivity index (χ1) is 9.52. The lowest BCUT2D eigenvalue weighted by Crippen LogP contribution is -2.43. The molecule has 1 heterocycles. The van der Waals surface area contributed by atoms with Gasteiger partial charge in [-0.1, -0.05) is 29.8 Å². The number of carboxylic acid groups (broad SMARTS) is 1. The number of benzene rings is 1. The summed E-state index contributed by atoms with van der Waals surface area (Å²) in [4.78, 5) is 27.0. The zero-order valence-corrected chi connectivity index (χ0v) is 11.0. The summed E-state index contributed by atoms with van der Waals surface area (Å²) in [6.45, 7) is -0.697. The van der Waals surface area contributed by atoms with Gasteiger partial charge in [-0.05, 0) is 12.1 Å². The van der Waals surface area contributed by atoms with Gasteiger partial charge in [0, 0.05) is 5.39 Å². The molecule has 1 aromatic carbocycles. The second-order valence-corrected chi connectivity index (χ2v) is 4.44. The topological polar surface area (TPSA) is 99.5 Å². The lowest BCUT2D eigenvalue weighted by molar-refractivity contribution is -0.140. The van der Waals surface area contributed by atoms with Gasteiger partial charge < -0.3 is 15.5 Å². The van der Waals surface area contributed by atoms with E-state index in [2.05, 4.69) is 10.3 Å². The molecule has 104 valence electrons. The van der Waals surface area contributed by atoms with Crippen molar-refractivity contribution in [3.05, 3.63) is 41.0 Å². The molecule has 6 nitrogen and oxygen atoms in total. The van der Waals surface area contributed by atoms with Crippen molar-refractivity contribution in [3.63, 3.8) is 0 Å². The van der Waals surface area contributed by atoms with E-state index in [1.807, 2.05) is 0 Å². The van der Waals surface area contributed by atoms with E-state index >= 15 is 0 Å². The van der Waals surface area contributed by atoms with Crippen molar-refractivity contribution in [2.24, 2.45) is 0 Å². The van der Waals surface area contributed by atoms with Gasteiger partial charge in [0.1, 0.15) is 5.15 Å². The summed E-state index contributed by atoms with van der Waals surface area (Å²) < 4.78 is 0. The first kappa shape index (κ1) is 14.2. The predicted octanol–water partition coefficient (Wildman–Crippen LogP) is 1.06. The minimum absolute atomic E-state index is 0.129. The molecule has 0 fully saturated rings. The van der Waals surface area contributed by atoms with Crippen LogP contribution in [-0.2, 0) is 4.79 Å². The number of carbonyl (C=O) groups excluding carboxylic acids is 1. The van der Waals surface area contributed by atoms with E-state index in [1.54, 1.807) is 24.3 Å². The fraction of sp³-hybridized carbons (Fsp3) is 0.154. The van der Waals surface area contributed by atoms with Crippen molar-refractivity contribution < 1.29 is 19.8 Å². The number of aromatic nitrogens is 1. The summed E-state index contributed by atoms with van der Waals surface area (Å²) in [6.07, 6.45) is 0. The molecule has 0 bridgehead atoms. The van der Waals surface area contributed by atoms with Crippen LogP contribution in [0.25, 0.3) is 10.9 Å². The van der Waals surface area contributed by atoms with Crippen LogP contribution in [0.5, 0.6) is 0 Å². The molecule has 0 spiro atoms. The SMILES string of the molecule is O=C(N[C@H](CO)C(=O)O)c1cc(Cl)nc2ccccc12. The fourth-order valence-corrected chi connectivity index (χ4v) is 1.95. The Morgan fingerprint density at radius 3 is 2.70 bits per heavy atom. The highest BCUT2D eigenvalue weighted by molar-refractivity contribution is 6.30. The third kappa shape index (κ3) is 2.87. The second kappa shape index (κ2) is 5.85. The maximum Gasteiger partial charge on any atom is 0.328 e. The largest absolute Gasteiger partial charge is 0.480 e. The van der Waals surface area contributed by atoms with Crippen molar-refractivity contribution in [1.29, 1.82) is 0 Å². The molecule has 0 unspecified atom stereocenters. The highest BCUT2D eigenvalue weighted by Crippen LogP contribution is 2.20. The molecule has 20 heavy (non-hydrogen) atoms. The highest BCUT2D eigenvalue weighted by atomic mass is 35.5. The quantitative estimate of drug-likeness (QED) is 0.732. The Balaban J connectivity index is 2.41. The second-order valence-electron chi connectivity index (χ2n) is 4.06. The van der Waals surface area contributed by atoms with Crippen molar-refractivity contribution in [1.82, 2.24) is 10.3 Å². The van der Waals surface area contributed by atoms with E-state index in [1.165, 1.54) is 6.07 Å². The van der Waals surface area contributed by atoms with Gasteiger partial charge in [-0.2, -0.15) is 0 Å². The first-order valence-corrected chi connectivity index (χ1v) is 6.10. The summed E-state index contributed by atoms with van der Waals surface area (Å²) in [5.74, 6) is -1.95. The van der Waals surface area contributed by atoms with Gasteiger partial charge in [0.15, 0.2) is 6.04 Å². The Bertz CT molecular complexity index is 674. The van der Waals surface area contributed by atoms with E-state index in [0.717, 1.165) is 0 Å². The molecule has 1 amide bonds. The van der Waals surface area contributed by atoms with E-state index in [-0.39, 0.29) is 10.7 Å². The molecule has 0 aliphatic carbocycles. The molecule has 0 aliphatic heterocycles. The molecular weight excluding hydrogens is 284 g/mol. The number of amides is 1. The number of hydrogen-bond donors (Lipinski definition) is 3. The summed E-state index contributed by atoms with van der Waals surface area (Å²) in [5.41, 5.74) is 0.737. The fourth-order valence-electron chi connectivity index (χ4n) is 1.75. The smallest absolute Gasteiger partial charge is 0.328 e. The number of aliphatic hydroxyl groups excluding tert-OH is 1. The maximum absolute atomic E-state index is 12.1. The number of aliphatic carboxylic acids is 1. The van der Waals surface area contributed by atoms with Gasteiger partial charge in [0.25, 0.3) is 5.91 Å². The van der Waals surface area contributed by atoms with Crippen LogP contribution in [0.2, 0.25) is 5.15 Å². The van der Waals surface area contributed by atoms with Crippen molar-refractivity contribution in [2.75, 3.05) is 6.61 Å². The van der Waals surface area contributed by atoms with Gasteiger partial charge in [-0.3, -0.25) is 4.79 Å². The molecule has 7 heteroatoms. The zero-order chi connectivity index (χ0) is 14.7. The normalized spacial score (nSPS) is 12.1. The predicted molar refractivity (Wildman–Crippen MR) is 72.7 cm³/mol. The van der Waals surface area contributed by atoms with Crippen molar-refractivity contribution in [3.8, 4) is 0 Å². The number of nitrogens with one attached hydrogen (secondary N) is 1. The molecule has 0 saturated carbocycles. The Morgan fingerprint density at radius 1 is 1.35 bits per heavy atom. The number of fused-ring (bicyclic) bond motifs is 1. The van der Waals surface area contributed by atoms with Gasteiger partial charge in [0.05, 0.1) is 17.7 Å². The molecule has 2 aromatic rings. The number of halogens is 1. The number of carboxylic acids is 1. The molecule has 0 aliphatic rings. The Labute approximate surface area is 119 Å². The summed E-state index contributed by atoms with van der Waals surface area (Å²) in [5, 5.41) is 20.7. The Hall–Kier alpha value is -2.18. The van der Waals surface area contributed by atoms with Gasteiger partial charge >= 0.3 is 5.97 Å². The van der Waals surface area contributed by atoms with Crippen LogP contribution in [0.1, 0.15) is 10.4 Å². The molecule has 0 saturated heterocycles. The van der Waals surface area contributed by atoms with Crippen LogP contribution >= 0.6 is 11.6 Å². The van der Waals surface area contributed by atoms with Crippen LogP contribution in [0.4, 0.5) is 0 Å². The van der Waals surface area contributed by atoms with Crippen molar-refractivity contribution >= 4 is 34.4 Å². The lowest BCUT2D eigenvalue weighted by Gasteiger charge is -2.13. The molecule has 2 rings (SSSR count). The Morgan fingerprint density at radius 2 is 2.05 bits per heavy atom. The van der Waals surface area contributed by atoms with Crippen LogP contribution in [0.15, 0.2) is 30.3 Å². The number of aliphatic hydroxyl groups is 1. The average Bonchev–Trinajstić information content (AvgIpc) is 2.43. The third-order valence-corrected chi connectivity index (χ3v) is 2.91. The summed E-state index contributed by atoms with van der Waals surface area (Å²) >= 11 is 5.84. The average molecular weight is 295 g/mol. The van der Waals surface area contributed by atoms with E-state index in [9.17, 15) is 9.59 Å². The number of hydrogen-bond acceptors (Lipinski definition) is 4. The molecule has 0 radical (unpaired) electrons. The lowest BCUT2D eigenvalue weighted by atomic mass is 10.1. The zero-order valence-electron chi connectivity index (χ0n) is 10.2. The van der Waals surface area contributed by atoms with E-state index in [0.29, 0.717) is 10.9 Å². The van der Waals surface area contributed by atoms with Crippen LogP contribution in [0.3, 0.4) is 0 Å². The van der Waals surface area contributed by atoms with Crippen LogP contribution in [0, 0.1) is 0 Å². The Kier molecular flexibility index (Phi) is 4.16. The highest BCUT2D eigenvalue weighted by Gasteiger charge is 2.21. The van der Waals surface area contributed by atoms with E-state index in [4.69, 9.17) is 21.8 Å². The minimum atomic E-state index is -1.37. The van der Waals surface area contributed by atoms with Crippen LogP contribution in [-0.4, -0.2) is 39.7 Å². The number of nitrogens with zero attached hydrogens (tertiary/aromatic N) is 1. The monoisotopic (exact) mass is 294 g/mol. The number of para-hydroxylation sites is 1. The van der Waals surface area contributed by atoms with Gasteiger partial charge in [0.2, 0.25) is 0 Å².